The summed E-state index contributed by atoms with van der Waals surface area (Å²) in [4.78, 5) is 28.3. The van der Waals surface area contributed by atoms with Gasteiger partial charge in [0.05, 0.1) is 10.6 Å². The molecule has 4 rings (SSSR count). The number of likely N-dealkylation sites (N-methyl/N-ethyl adjacent to an activating group) is 1. The summed E-state index contributed by atoms with van der Waals surface area (Å²) in [6.07, 6.45) is 2.44. The molecule has 3 aromatic rings. The van der Waals surface area contributed by atoms with Crippen LogP contribution in [0.25, 0.3) is 11.3 Å². The van der Waals surface area contributed by atoms with E-state index >= 15 is 0 Å². The quantitative estimate of drug-likeness (QED) is 0.421. The van der Waals surface area contributed by atoms with Gasteiger partial charge in [-0.1, -0.05) is 52.7 Å². The molecule has 1 fully saturated rings. The van der Waals surface area contributed by atoms with Gasteiger partial charge in [0.1, 0.15) is 22.8 Å². The van der Waals surface area contributed by atoms with Crippen LogP contribution < -0.4 is 5.73 Å². The van der Waals surface area contributed by atoms with Gasteiger partial charge in [-0.15, -0.1) is 0 Å². The molecule has 2 N–H and O–H groups in total. The van der Waals surface area contributed by atoms with Gasteiger partial charge in [-0.2, -0.15) is 0 Å². The average molecular weight is 528 g/mol. The first-order chi connectivity index (χ1) is 17.5. The first-order valence-corrected chi connectivity index (χ1v) is 12.5. The van der Waals surface area contributed by atoms with E-state index < -0.39 is 23.3 Å². The Labute approximate surface area is 220 Å². The number of nitrogens with two attached hydrogens (primary N) is 1. The van der Waals surface area contributed by atoms with Crippen molar-refractivity contribution in [1.82, 2.24) is 10.1 Å². The minimum atomic E-state index is -1.51. The Morgan fingerprint density at radius 1 is 1.11 bits per heavy atom. The van der Waals surface area contributed by atoms with Crippen molar-refractivity contribution in [3.05, 3.63) is 75.8 Å². The number of esters is 1. The fraction of sp³-hybridized carbons (Fsp3) is 0.393. The third-order valence-corrected chi connectivity index (χ3v) is 7.91. The van der Waals surface area contributed by atoms with Crippen LogP contribution in [-0.2, 0) is 16.0 Å². The zero-order valence-corrected chi connectivity index (χ0v) is 22.2. The van der Waals surface area contributed by atoms with Crippen LogP contribution in [0.15, 0.2) is 47.0 Å². The van der Waals surface area contributed by atoms with Crippen molar-refractivity contribution in [3.8, 4) is 11.3 Å². The maximum atomic E-state index is 14.6. The molecule has 1 aliphatic rings. The van der Waals surface area contributed by atoms with Gasteiger partial charge in [0.2, 0.25) is 0 Å². The van der Waals surface area contributed by atoms with Crippen LogP contribution in [0, 0.1) is 19.7 Å². The molecule has 0 unspecified atom stereocenters. The lowest BCUT2D eigenvalue weighted by Crippen LogP contribution is -2.57. The first kappa shape index (κ1) is 26.8. The maximum absolute atomic E-state index is 14.6. The van der Waals surface area contributed by atoms with E-state index in [1.54, 1.807) is 0 Å². The number of aromatic nitrogens is 1. The molecule has 1 heterocycles. The Morgan fingerprint density at radius 3 is 2.32 bits per heavy atom. The number of hydrogen-bond acceptors (Lipinski definition) is 6. The highest BCUT2D eigenvalue weighted by Gasteiger charge is 2.50. The Bertz CT molecular complexity index is 1290. The molecular weight excluding hydrogens is 497 g/mol. The number of hydrogen-bond donors (Lipinski definition) is 1. The van der Waals surface area contributed by atoms with Crippen molar-refractivity contribution in [2.75, 3.05) is 14.1 Å². The molecule has 0 atom stereocenters. The van der Waals surface area contributed by atoms with Crippen molar-refractivity contribution < 1.29 is 23.2 Å². The number of carbonyl (C=O) groups is 2. The molecule has 1 aromatic heterocycles. The standard InChI is InChI=1S/C28H31ClFN3O4/c1-17-8-10-19(11-9-17)16-27(33(3)4)12-14-28(15-13-27,26(31)35)36-25(34)22-18(2)37-32-24(22)23-20(29)6-5-7-21(23)30/h5-11H,12-16H2,1-4H3,(H2,31,35). The molecule has 0 radical (unpaired) electrons. The fourth-order valence-corrected chi connectivity index (χ4v) is 5.37. The van der Waals surface area contributed by atoms with E-state index in [2.05, 4.69) is 34.3 Å². The van der Waals surface area contributed by atoms with Gasteiger partial charge >= 0.3 is 5.97 Å². The summed E-state index contributed by atoms with van der Waals surface area (Å²) in [5.74, 6) is -2.12. The third-order valence-electron chi connectivity index (χ3n) is 7.59. The summed E-state index contributed by atoms with van der Waals surface area (Å²) < 4.78 is 25.7. The highest BCUT2D eigenvalue weighted by molar-refractivity contribution is 6.33. The van der Waals surface area contributed by atoms with Gasteiger partial charge in [-0.3, -0.25) is 4.79 Å². The first-order valence-electron chi connectivity index (χ1n) is 12.1. The SMILES string of the molecule is Cc1ccc(CC2(N(C)C)CCC(OC(=O)c3c(-c4c(F)cccc4Cl)noc3C)(C(N)=O)CC2)cc1. The molecule has 0 saturated heterocycles. The lowest BCUT2D eigenvalue weighted by atomic mass is 9.70. The lowest BCUT2D eigenvalue weighted by molar-refractivity contribution is -0.144. The van der Waals surface area contributed by atoms with E-state index in [1.807, 2.05) is 21.0 Å². The second kappa shape index (κ2) is 10.3. The molecular formula is C28H31ClFN3O4. The van der Waals surface area contributed by atoms with Crippen LogP contribution >= 0.6 is 11.6 Å². The largest absolute Gasteiger partial charge is 0.445 e. The Balaban J connectivity index is 1.61. The smallest absolute Gasteiger partial charge is 0.345 e. The number of ether oxygens (including phenoxy) is 1. The molecule has 0 aliphatic heterocycles. The van der Waals surface area contributed by atoms with Crippen LogP contribution in [0.1, 0.15) is 52.9 Å². The Hall–Kier alpha value is -3.23. The average Bonchev–Trinajstić information content (AvgIpc) is 3.22. The van der Waals surface area contributed by atoms with Gasteiger partial charge in [-0.05, 0) is 77.7 Å². The van der Waals surface area contributed by atoms with E-state index in [-0.39, 0.29) is 46.0 Å². The monoisotopic (exact) mass is 527 g/mol. The summed E-state index contributed by atoms with van der Waals surface area (Å²) in [5, 5.41) is 3.93. The van der Waals surface area contributed by atoms with Crippen LogP contribution in [0.4, 0.5) is 4.39 Å². The summed E-state index contributed by atoms with van der Waals surface area (Å²) in [6, 6.07) is 12.5. The number of halogens is 2. The summed E-state index contributed by atoms with van der Waals surface area (Å²) in [7, 11) is 4.03. The summed E-state index contributed by atoms with van der Waals surface area (Å²) in [6.45, 7) is 3.56. The van der Waals surface area contributed by atoms with Crippen LogP contribution in [0.5, 0.6) is 0 Å². The van der Waals surface area contributed by atoms with Crippen LogP contribution in [0.3, 0.4) is 0 Å². The van der Waals surface area contributed by atoms with Gasteiger partial charge in [-0.25, -0.2) is 9.18 Å². The van der Waals surface area contributed by atoms with E-state index in [0.717, 1.165) is 6.42 Å². The Kier molecular flexibility index (Phi) is 7.44. The maximum Gasteiger partial charge on any atom is 0.345 e. The van der Waals surface area contributed by atoms with Crippen molar-refractivity contribution in [2.24, 2.45) is 5.73 Å². The minimum absolute atomic E-state index is 0.0662. The van der Waals surface area contributed by atoms with Gasteiger partial charge in [0.25, 0.3) is 5.91 Å². The third kappa shape index (κ3) is 5.13. The molecule has 0 spiro atoms. The normalized spacial score (nSPS) is 21.7. The number of amides is 1. The number of nitrogens with zero attached hydrogens (tertiary/aromatic N) is 2. The summed E-state index contributed by atoms with van der Waals surface area (Å²) >= 11 is 6.20. The molecule has 37 heavy (non-hydrogen) atoms. The molecule has 196 valence electrons. The molecule has 1 amide bonds. The van der Waals surface area contributed by atoms with Gasteiger partial charge in [0, 0.05) is 5.54 Å². The second-order valence-corrected chi connectivity index (χ2v) is 10.5. The van der Waals surface area contributed by atoms with Crippen molar-refractivity contribution >= 4 is 23.5 Å². The van der Waals surface area contributed by atoms with E-state index in [9.17, 15) is 14.0 Å². The molecule has 0 bridgehead atoms. The number of aryl methyl sites for hydroxylation is 2. The topological polar surface area (TPSA) is 98.7 Å². The molecule has 1 aliphatic carbocycles. The fourth-order valence-electron chi connectivity index (χ4n) is 5.12. The van der Waals surface area contributed by atoms with Gasteiger partial charge < -0.3 is 19.9 Å². The molecule has 9 heteroatoms. The second-order valence-electron chi connectivity index (χ2n) is 10.1. The Morgan fingerprint density at radius 2 is 1.76 bits per heavy atom. The molecule has 1 saturated carbocycles. The van der Waals surface area contributed by atoms with E-state index in [4.69, 9.17) is 26.6 Å². The predicted octanol–water partition coefficient (Wildman–Crippen LogP) is 5.25. The lowest BCUT2D eigenvalue weighted by Gasteiger charge is -2.48. The minimum Gasteiger partial charge on any atom is -0.445 e. The zero-order valence-electron chi connectivity index (χ0n) is 21.4. The van der Waals surface area contributed by atoms with Crippen LogP contribution in [-0.4, -0.2) is 47.2 Å². The van der Waals surface area contributed by atoms with Crippen LogP contribution in [0.2, 0.25) is 5.02 Å². The molecule has 7 nitrogen and oxygen atoms in total. The number of benzene rings is 2. The number of primary amides is 1. The van der Waals surface area contributed by atoms with Crippen molar-refractivity contribution in [2.45, 2.75) is 57.1 Å². The molecule has 2 aromatic carbocycles. The zero-order chi connectivity index (χ0) is 27.0. The van der Waals surface area contributed by atoms with Gasteiger partial charge in [0.15, 0.2) is 5.60 Å². The predicted molar refractivity (Wildman–Crippen MR) is 139 cm³/mol. The highest BCUT2D eigenvalue weighted by Crippen LogP contribution is 2.43. The number of rotatable bonds is 7. The number of carbonyl (C=O) groups excluding carboxylic acids is 2. The summed E-state index contributed by atoms with van der Waals surface area (Å²) in [5.41, 5.74) is 6.21. The van der Waals surface area contributed by atoms with E-state index in [0.29, 0.717) is 12.8 Å². The van der Waals surface area contributed by atoms with Crippen molar-refractivity contribution in [3.63, 3.8) is 0 Å². The highest BCUT2D eigenvalue weighted by atomic mass is 35.5. The van der Waals surface area contributed by atoms with E-state index in [1.165, 1.54) is 36.2 Å². The van der Waals surface area contributed by atoms with Crippen molar-refractivity contribution in [1.29, 1.82) is 0 Å².